The highest BCUT2D eigenvalue weighted by Crippen LogP contribution is 2.32. The lowest BCUT2D eigenvalue weighted by Gasteiger charge is -2.20. The largest absolute Gasteiger partial charge is 0.326 e. The SMILES string of the molecule is CCn1c(=O)[nH]c2cc(C3=NC(Cc4ccc5ccccc5c4)C(=O)N(C)c4ccc(Cl)cc43)ccc21. The lowest BCUT2D eigenvalue weighted by atomic mass is 9.99. The van der Waals surface area contributed by atoms with Crippen LogP contribution in [0.2, 0.25) is 5.02 Å². The van der Waals surface area contributed by atoms with Crippen molar-refractivity contribution >= 4 is 50.7 Å². The van der Waals surface area contributed by atoms with Crippen molar-refractivity contribution in [2.24, 2.45) is 4.99 Å². The molecule has 0 spiro atoms. The summed E-state index contributed by atoms with van der Waals surface area (Å²) >= 11 is 6.42. The highest BCUT2D eigenvalue weighted by Gasteiger charge is 2.30. The molecule has 4 aromatic carbocycles. The number of fused-ring (bicyclic) bond motifs is 3. The van der Waals surface area contributed by atoms with Crippen LogP contribution in [0.4, 0.5) is 5.69 Å². The van der Waals surface area contributed by atoms with Crippen molar-refractivity contribution in [1.82, 2.24) is 9.55 Å². The van der Waals surface area contributed by atoms with Gasteiger partial charge in [0.15, 0.2) is 0 Å². The Morgan fingerprint density at radius 1 is 0.946 bits per heavy atom. The van der Waals surface area contributed by atoms with E-state index in [2.05, 4.69) is 35.3 Å². The maximum Gasteiger partial charge on any atom is 0.326 e. The molecule has 0 bridgehead atoms. The molecule has 5 aromatic rings. The Morgan fingerprint density at radius 3 is 2.57 bits per heavy atom. The maximum atomic E-state index is 13.7. The first-order valence-electron chi connectivity index (χ1n) is 12.3. The number of aromatic nitrogens is 2. The molecule has 1 atom stereocenters. The third kappa shape index (κ3) is 4.03. The van der Waals surface area contributed by atoms with Crippen molar-refractivity contribution in [3.63, 3.8) is 0 Å². The van der Waals surface area contributed by atoms with Crippen LogP contribution in [0.1, 0.15) is 23.6 Å². The Bertz CT molecular complexity index is 1780. The van der Waals surface area contributed by atoms with Crippen LogP contribution < -0.4 is 10.6 Å². The molecular weight excluding hydrogens is 484 g/mol. The van der Waals surface area contributed by atoms with Crippen molar-refractivity contribution in [3.8, 4) is 0 Å². The molecule has 1 unspecified atom stereocenters. The van der Waals surface area contributed by atoms with Crippen molar-refractivity contribution in [3.05, 3.63) is 111 Å². The van der Waals surface area contributed by atoms with Gasteiger partial charge in [-0.3, -0.25) is 14.4 Å². The Hall–Kier alpha value is -4.16. The van der Waals surface area contributed by atoms with E-state index in [4.69, 9.17) is 16.6 Å². The summed E-state index contributed by atoms with van der Waals surface area (Å²) in [5.74, 6) is -0.0849. The van der Waals surface area contributed by atoms with Crippen LogP contribution in [0.15, 0.2) is 88.6 Å². The predicted octanol–water partition coefficient (Wildman–Crippen LogP) is 5.58. The number of aryl methyl sites for hydroxylation is 1. The Balaban J connectivity index is 1.51. The van der Waals surface area contributed by atoms with Gasteiger partial charge in [0.1, 0.15) is 6.04 Å². The molecule has 6 rings (SSSR count). The lowest BCUT2D eigenvalue weighted by molar-refractivity contribution is -0.119. The molecule has 184 valence electrons. The van der Waals surface area contributed by atoms with Gasteiger partial charge >= 0.3 is 5.69 Å². The second kappa shape index (κ2) is 9.05. The van der Waals surface area contributed by atoms with E-state index >= 15 is 0 Å². The van der Waals surface area contributed by atoms with Crippen LogP contribution in [-0.2, 0) is 17.8 Å². The normalized spacial score (nSPS) is 15.6. The van der Waals surface area contributed by atoms with Crippen molar-refractivity contribution < 1.29 is 4.79 Å². The van der Waals surface area contributed by atoms with Gasteiger partial charge in [0.2, 0.25) is 0 Å². The Kier molecular flexibility index (Phi) is 5.69. The van der Waals surface area contributed by atoms with Crippen LogP contribution in [0.25, 0.3) is 21.8 Å². The standard InChI is InChI=1S/C30H25ClN4O2/c1-3-35-27-12-10-21(16-24(27)33-30(35)37)28-23-17-22(31)11-13-26(23)34(2)29(36)25(32-28)15-18-8-9-19-6-4-5-7-20(19)14-18/h4-14,16-17,25H,3,15H2,1-2H3,(H,33,37). The molecule has 1 amide bonds. The van der Waals surface area contributed by atoms with Gasteiger partial charge in [-0.05, 0) is 53.6 Å². The average Bonchev–Trinajstić information content (AvgIpc) is 3.19. The van der Waals surface area contributed by atoms with Gasteiger partial charge in [-0.2, -0.15) is 0 Å². The van der Waals surface area contributed by atoms with Crippen LogP contribution >= 0.6 is 11.6 Å². The number of carbonyl (C=O) groups is 1. The number of aliphatic imine (C=N–C) groups is 1. The summed E-state index contributed by atoms with van der Waals surface area (Å²) < 4.78 is 1.69. The second-order valence-corrected chi connectivity index (χ2v) is 9.78. The molecule has 1 N–H and O–H groups in total. The van der Waals surface area contributed by atoms with E-state index in [0.29, 0.717) is 23.7 Å². The zero-order valence-corrected chi connectivity index (χ0v) is 21.3. The molecule has 37 heavy (non-hydrogen) atoms. The quantitative estimate of drug-likeness (QED) is 0.344. The zero-order valence-electron chi connectivity index (χ0n) is 20.5. The van der Waals surface area contributed by atoms with E-state index in [-0.39, 0.29) is 11.6 Å². The molecule has 1 aromatic heterocycles. The summed E-state index contributed by atoms with van der Waals surface area (Å²) in [6.07, 6.45) is 0.463. The molecule has 0 saturated carbocycles. The summed E-state index contributed by atoms with van der Waals surface area (Å²) in [5.41, 5.74) is 5.46. The molecule has 0 saturated heterocycles. The number of aromatic amines is 1. The van der Waals surface area contributed by atoms with Crippen LogP contribution in [0.5, 0.6) is 0 Å². The summed E-state index contributed by atoms with van der Waals surface area (Å²) in [4.78, 5) is 35.7. The number of carbonyl (C=O) groups excluding carboxylic acids is 1. The summed E-state index contributed by atoms with van der Waals surface area (Å²) in [5, 5.41) is 2.85. The number of rotatable bonds is 4. The number of benzodiazepines with no additional fused rings is 1. The number of halogens is 1. The number of hydrogen-bond acceptors (Lipinski definition) is 3. The minimum absolute atomic E-state index is 0.0849. The van der Waals surface area contributed by atoms with Gasteiger partial charge < -0.3 is 9.88 Å². The second-order valence-electron chi connectivity index (χ2n) is 9.34. The first kappa shape index (κ1) is 23.3. The zero-order chi connectivity index (χ0) is 25.7. The van der Waals surface area contributed by atoms with E-state index in [1.807, 2.05) is 49.4 Å². The topological polar surface area (TPSA) is 70.5 Å². The number of H-pyrrole nitrogens is 1. The van der Waals surface area contributed by atoms with Crippen molar-refractivity contribution in [2.75, 3.05) is 11.9 Å². The number of benzene rings is 4. The molecule has 2 heterocycles. The van der Waals surface area contributed by atoms with E-state index in [1.54, 1.807) is 22.6 Å². The van der Waals surface area contributed by atoms with E-state index < -0.39 is 6.04 Å². The minimum atomic E-state index is -0.623. The number of amides is 1. The number of imidazole rings is 1. The summed E-state index contributed by atoms with van der Waals surface area (Å²) in [7, 11) is 1.78. The van der Waals surface area contributed by atoms with Gasteiger partial charge in [0.25, 0.3) is 5.91 Å². The minimum Gasteiger partial charge on any atom is -0.313 e. The number of anilines is 1. The van der Waals surface area contributed by atoms with Gasteiger partial charge in [0, 0.05) is 36.2 Å². The number of likely N-dealkylation sites (N-methyl/N-ethyl adjacent to an activating group) is 1. The Morgan fingerprint density at radius 2 is 1.76 bits per heavy atom. The Labute approximate surface area is 218 Å². The molecule has 6 nitrogen and oxygen atoms in total. The molecular formula is C30H25ClN4O2. The van der Waals surface area contributed by atoms with E-state index in [9.17, 15) is 9.59 Å². The van der Waals surface area contributed by atoms with Crippen LogP contribution in [0.3, 0.4) is 0 Å². The molecule has 1 aliphatic heterocycles. The van der Waals surface area contributed by atoms with E-state index in [1.165, 1.54) is 0 Å². The van der Waals surface area contributed by atoms with Crippen LogP contribution in [-0.4, -0.2) is 34.3 Å². The number of nitrogens with one attached hydrogen (secondary N) is 1. The van der Waals surface area contributed by atoms with Gasteiger partial charge in [-0.25, -0.2) is 4.79 Å². The number of hydrogen-bond donors (Lipinski definition) is 1. The molecule has 0 radical (unpaired) electrons. The van der Waals surface area contributed by atoms with Gasteiger partial charge in [0.05, 0.1) is 22.4 Å². The predicted molar refractivity (Wildman–Crippen MR) is 150 cm³/mol. The smallest absolute Gasteiger partial charge is 0.313 e. The first-order valence-corrected chi connectivity index (χ1v) is 12.7. The maximum absolute atomic E-state index is 13.7. The number of nitrogens with zero attached hydrogens (tertiary/aromatic N) is 3. The highest BCUT2D eigenvalue weighted by atomic mass is 35.5. The molecule has 0 fully saturated rings. The van der Waals surface area contributed by atoms with Gasteiger partial charge in [-0.15, -0.1) is 0 Å². The molecule has 1 aliphatic rings. The third-order valence-corrected chi connectivity index (χ3v) is 7.32. The summed E-state index contributed by atoms with van der Waals surface area (Å²) in [6, 6.07) is 25.1. The fourth-order valence-electron chi connectivity index (χ4n) is 5.19. The monoisotopic (exact) mass is 508 g/mol. The fraction of sp³-hybridized carbons (Fsp3) is 0.167. The van der Waals surface area contributed by atoms with Crippen molar-refractivity contribution in [2.45, 2.75) is 25.9 Å². The molecule has 0 aliphatic carbocycles. The lowest BCUT2D eigenvalue weighted by Crippen LogP contribution is -2.36. The third-order valence-electron chi connectivity index (χ3n) is 7.08. The fourth-order valence-corrected chi connectivity index (χ4v) is 5.36. The average molecular weight is 509 g/mol. The summed E-state index contributed by atoms with van der Waals surface area (Å²) in [6.45, 7) is 2.51. The van der Waals surface area contributed by atoms with Crippen LogP contribution in [0, 0.1) is 0 Å². The van der Waals surface area contributed by atoms with Gasteiger partial charge in [-0.1, -0.05) is 60.1 Å². The highest BCUT2D eigenvalue weighted by molar-refractivity contribution is 6.32. The molecule has 7 heteroatoms. The van der Waals surface area contributed by atoms with E-state index in [0.717, 1.165) is 44.2 Å². The van der Waals surface area contributed by atoms with Crippen molar-refractivity contribution in [1.29, 1.82) is 0 Å². The first-order chi connectivity index (χ1) is 17.9.